The quantitative estimate of drug-likeness (QED) is 0.144. The summed E-state index contributed by atoms with van der Waals surface area (Å²) in [6.45, 7) is 6.45. The minimum Gasteiger partial charge on any atom is -0.481 e. The zero-order chi connectivity index (χ0) is 23.0. The van der Waals surface area contributed by atoms with E-state index in [4.69, 9.17) is 0 Å². The lowest BCUT2D eigenvalue weighted by molar-refractivity contribution is -0.141. The van der Waals surface area contributed by atoms with Gasteiger partial charge in [-0.2, -0.15) is 0 Å². The van der Waals surface area contributed by atoms with Crippen LogP contribution in [-0.2, 0) is 4.79 Å². The molecule has 2 atom stereocenters. The van der Waals surface area contributed by atoms with Gasteiger partial charge in [-0.05, 0) is 12.3 Å². The molecule has 0 saturated carbocycles. The van der Waals surface area contributed by atoms with Gasteiger partial charge in [0.25, 0.3) is 0 Å². The van der Waals surface area contributed by atoms with Crippen molar-refractivity contribution >= 4 is 5.97 Å². The van der Waals surface area contributed by atoms with Crippen LogP contribution in [0.3, 0.4) is 0 Å². The van der Waals surface area contributed by atoms with E-state index in [-0.39, 0.29) is 5.92 Å². The number of carboxylic acids is 1. The lowest BCUT2D eigenvalue weighted by Gasteiger charge is -2.19. The van der Waals surface area contributed by atoms with Gasteiger partial charge >= 0.3 is 5.97 Å². The summed E-state index contributed by atoms with van der Waals surface area (Å²) in [6, 6.07) is 0. The van der Waals surface area contributed by atoms with Crippen LogP contribution in [-0.4, -0.2) is 11.1 Å². The van der Waals surface area contributed by atoms with Crippen molar-refractivity contribution < 1.29 is 9.90 Å². The summed E-state index contributed by atoms with van der Waals surface area (Å²) < 4.78 is 0. The van der Waals surface area contributed by atoms with E-state index < -0.39 is 5.97 Å². The van der Waals surface area contributed by atoms with Crippen molar-refractivity contribution in [1.29, 1.82) is 0 Å². The van der Waals surface area contributed by atoms with Crippen molar-refractivity contribution in [2.45, 2.75) is 168 Å². The number of rotatable bonds is 25. The molecular formula is C29H58O2. The first-order valence-electron chi connectivity index (χ1n) is 14.3. The molecular weight excluding hydrogens is 380 g/mol. The fourth-order valence-electron chi connectivity index (χ4n) is 4.82. The van der Waals surface area contributed by atoms with Gasteiger partial charge in [0.15, 0.2) is 0 Å². The first-order chi connectivity index (χ1) is 15.1. The molecule has 0 aliphatic heterocycles. The van der Waals surface area contributed by atoms with Gasteiger partial charge in [0.1, 0.15) is 0 Å². The van der Waals surface area contributed by atoms with E-state index in [1.165, 1.54) is 141 Å². The monoisotopic (exact) mass is 438 g/mol. The van der Waals surface area contributed by atoms with Gasteiger partial charge in [-0.3, -0.25) is 4.79 Å². The molecule has 0 aliphatic rings. The van der Waals surface area contributed by atoms with Crippen LogP contribution in [0, 0.1) is 11.8 Å². The van der Waals surface area contributed by atoms with E-state index >= 15 is 0 Å². The predicted octanol–water partition coefficient (Wildman–Crippen LogP) is 10.3. The third-order valence-electron chi connectivity index (χ3n) is 7.04. The molecule has 0 rings (SSSR count). The van der Waals surface area contributed by atoms with Crippen LogP contribution >= 0.6 is 0 Å². The Kier molecular flexibility index (Phi) is 23.7. The molecule has 0 spiro atoms. The fraction of sp³-hybridized carbons (Fsp3) is 0.966. The number of hydrogen-bond acceptors (Lipinski definition) is 1. The molecule has 0 radical (unpaired) electrons. The maximum Gasteiger partial charge on any atom is 0.306 e. The maximum absolute atomic E-state index is 11.3. The number of unbranched alkanes of at least 4 members (excludes halogenated alkanes) is 18. The molecule has 2 nitrogen and oxygen atoms in total. The highest BCUT2D eigenvalue weighted by molar-refractivity contribution is 5.69. The highest BCUT2D eigenvalue weighted by Crippen LogP contribution is 2.25. The lowest BCUT2D eigenvalue weighted by Crippen LogP contribution is -2.15. The average molecular weight is 439 g/mol. The number of carboxylic acid groups (broad SMARTS) is 1. The summed E-state index contributed by atoms with van der Waals surface area (Å²) in [5.74, 6) is -0.179. The van der Waals surface area contributed by atoms with E-state index in [9.17, 15) is 9.90 Å². The van der Waals surface area contributed by atoms with Crippen LogP contribution < -0.4 is 0 Å². The topological polar surface area (TPSA) is 37.3 Å². The van der Waals surface area contributed by atoms with Crippen molar-refractivity contribution in [1.82, 2.24) is 0 Å². The molecule has 0 bridgehead atoms. The van der Waals surface area contributed by atoms with Crippen molar-refractivity contribution in [3.8, 4) is 0 Å². The zero-order valence-corrected chi connectivity index (χ0v) is 21.8. The molecule has 0 fully saturated rings. The molecule has 0 aliphatic carbocycles. The Morgan fingerprint density at radius 1 is 0.548 bits per heavy atom. The smallest absolute Gasteiger partial charge is 0.306 e. The Balaban J connectivity index is 3.79. The van der Waals surface area contributed by atoms with Crippen LogP contribution in [0.5, 0.6) is 0 Å². The van der Waals surface area contributed by atoms with Crippen LogP contribution in [0.2, 0.25) is 0 Å². The zero-order valence-electron chi connectivity index (χ0n) is 21.8. The van der Waals surface area contributed by atoms with E-state index in [1.54, 1.807) is 0 Å². The second-order valence-corrected chi connectivity index (χ2v) is 10.3. The Bertz CT molecular complexity index is 366. The molecule has 0 saturated heterocycles. The Hall–Kier alpha value is -0.530. The first kappa shape index (κ1) is 30.5. The van der Waals surface area contributed by atoms with E-state index in [0.29, 0.717) is 5.92 Å². The van der Waals surface area contributed by atoms with Crippen LogP contribution in [0.15, 0.2) is 0 Å². The van der Waals surface area contributed by atoms with E-state index in [0.717, 1.165) is 6.42 Å². The summed E-state index contributed by atoms with van der Waals surface area (Å²) in [4.78, 5) is 11.3. The van der Waals surface area contributed by atoms with Crippen molar-refractivity contribution in [3.05, 3.63) is 0 Å². The molecule has 0 aromatic heterocycles. The number of aliphatic carboxylic acids is 1. The second-order valence-electron chi connectivity index (χ2n) is 10.3. The minimum absolute atomic E-state index is 0.184. The third kappa shape index (κ3) is 22.5. The van der Waals surface area contributed by atoms with Gasteiger partial charge in [0, 0.05) is 0 Å². The molecule has 0 heterocycles. The van der Waals surface area contributed by atoms with Crippen molar-refractivity contribution in [3.63, 3.8) is 0 Å². The Morgan fingerprint density at radius 2 is 0.839 bits per heavy atom. The molecule has 0 unspecified atom stereocenters. The van der Waals surface area contributed by atoms with Crippen LogP contribution in [0.1, 0.15) is 168 Å². The van der Waals surface area contributed by atoms with Gasteiger partial charge in [0.05, 0.1) is 5.92 Å². The first-order valence-corrected chi connectivity index (χ1v) is 14.3. The normalized spacial score (nSPS) is 13.4. The molecule has 1 N–H and O–H groups in total. The maximum atomic E-state index is 11.3. The molecule has 186 valence electrons. The van der Waals surface area contributed by atoms with Crippen molar-refractivity contribution in [2.75, 3.05) is 0 Å². The van der Waals surface area contributed by atoms with Gasteiger partial charge in [-0.25, -0.2) is 0 Å². The third-order valence-corrected chi connectivity index (χ3v) is 7.04. The number of carbonyl (C=O) groups is 1. The lowest BCUT2D eigenvalue weighted by atomic mass is 9.87. The summed E-state index contributed by atoms with van der Waals surface area (Å²) in [6.07, 6.45) is 30.9. The predicted molar refractivity (Wildman–Crippen MR) is 138 cm³/mol. The minimum atomic E-state index is -0.615. The highest BCUT2D eigenvalue weighted by Gasteiger charge is 2.17. The standard InChI is InChI=1S/C29H58O2/c1-4-6-8-10-12-14-15-17-19-21-23-25-28(26-27(3)29(30)31)24-22-20-18-16-13-11-9-7-5-2/h27-28H,4-26H2,1-3H3,(H,30,31)/t27-,28+/m1/s1. The summed E-state index contributed by atoms with van der Waals surface area (Å²) in [5, 5.41) is 9.32. The SMILES string of the molecule is CCCCCCCCCCCCC[C@H](CCCCCCCCCCC)C[C@@H](C)C(=O)O. The largest absolute Gasteiger partial charge is 0.481 e. The average Bonchev–Trinajstić information content (AvgIpc) is 2.75. The molecule has 0 aromatic carbocycles. The van der Waals surface area contributed by atoms with E-state index in [2.05, 4.69) is 13.8 Å². The molecule has 0 aromatic rings. The van der Waals surface area contributed by atoms with E-state index in [1.807, 2.05) is 6.92 Å². The summed E-state index contributed by atoms with van der Waals surface area (Å²) in [5.41, 5.74) is 0. The van der Waals surface area contributed by atoms with Gasteiger partial charge in [-0.15, -0.1) is 0 Å². The number of hydrogen-bond donors (Lipinski definition) is 1. The molecule has 0 amide bonds. The Morgan fingerprint density at radius 3 is 1.13 bits per heavy atom. The van der Waals surface area contributed by atoms with Crippen LogP contribution in [0.4, 0.5) is 0 Å². The Labute approximate surface area is 196 Å². The fourth-order valence-corrected chi connectivity index (χ4v) is 4.82. The summed E-state index contributed by atoms with van der Waals surface area (Å²) >= 11 is 0. The van der Waals surface area contributed by atoms with Gasteiger partial charge in [-0.1, -0.05) is 162 Å². The molecule has 2 heteroatoms. The van der Waals surface area contributed by atoms with Gasteiger partial charge < -0.3 is 5.11 Å². The molecule has 31 heavy (non-hydrogen) atoms. The van der Waals surface area contributed by atoms with Crippen LogP contribution in [0.25, 0.3) is 0 Å². The second kappa shape index (κ2) is 24.1. The van der Waals surface area contributed by atoms with Crippen molar-refractivity contribution in [2.24, 2.45) is 11.8 Å². The summed E-state index contributed by atoms with van der Waals surface area (Å²) in [7, 11) is 0. The van der Waals surface area contributed by atoms with Gasteiger partial charge in [0.2, 0.25) is 0 Å². The highest BCUT2D eigenvalue weighted by atomic mass is 16.4.